The number of hydrogen-bond donors (Lipinski definition) is 1. The van der Waals surface area contributed by atoms with Crippen LogP contribution in [0.3, 0.4) is 0 Å². The lowest BCUT2D eigenvalue weighted by Gasteiger charge is -2.56. The number of ether oxygens (including phenoxy) is 2. The molecule has 3 heteroatoms. The van der Waals surface area contributed by atoms with Crippen LogP contribution in [0.5, 0.6) is 0 Å². The van der Waals surface area contributed by atoms with Crippen molar-refractivity contribution in [3.63, 3.8) is 0 Å². The molecule has 17 heavy (non-hydrogen) atoms. The Morgan fingerprint density at radius 3 is 1.82 bits per heavy atom. The van der Waals surface area contributed by atoms with Gasteiger partial charge in [0.15, 0.2) is 6.29 Å². The van der Waals surface area contributed by atoms with Crippen molar-refractivity contribution in [3.05, 3.63) is 0 Å². The van der Waals surface area contributed by atoms with Gasteiger partial charge in [-0.25, -0.2) is 0 Å². The van der Waals surface area contributed by atoms with Gasteiger partial charge in [-0.2, -0.15) is 0 Å². The van der Waals surface area contributed by atoms with Crippen molar-refractivity contribution in [1.29, 1.82) is 0 Å². The van der Waals surface area contributed by atoms with Crippen LogP contribution in [0, 0.1) is 29.6 Å². The van der Waals surface area contributed by atoms with E-state index in [0.29, 0.717) is 19.1 Å². The first-order chi connectivity index (χ1) is 8.29. The van der Waals surface area contributed by atoms with E-state index in [4.69, 9.17) is 15.2 Å². The maximum atomic E-state index is 5.87. The maximum Gasteiger partial charge on any atom is 0.161 e. The van der Waals surface area contributed by atoms with Crippen molar-refractivity contribution in [3.8, 4) is 0 Å². The van der Waals surface area contributed by atoms with Crippen LogP contribution in [0.15, 0.2) is 0 Å². The molecule has 96 valence electrons. The molecular weight excluding hydrogens is 214 g/mol. The first kappa shape index (κ1) is 10.8. The molecule has 4 saturated carbocycles. The van der Waals surface area contributed by atoms with E-state index in [0.717, 1.165) is 23.7 Å². The second-order valence-electron chi connectivity index (χ2n) is 6.80. The number of hydrogen-bond acceptors (Lipinski definition) is 3. The summed E-state index contributed by atoms with van der Waals surface area (Å²) in [5.41, 5.74) is 5.82. The third-order valence-corrected chi connectivity index (χ3v) is 5.56. The van der Waals surface area contributed by atoms with Crippen molar-refractivity contribution in [1.82, 2.24) is 0 Å². The molecular formula is C14H23NO2. The van der Waals surface area contributed by atoms with Gasteiger partial charge in [0.2, 0.25) is 0 Å². The van der Waals surface area contributed by atoms with Crippen LogP contribution in [0.2, 0.25) is 0 Å². The molecule has 3 nitrogen and oxygen atoms in total. The van der Waals surface area contributed by atoms with Crippen molar-refractivity contribution in [2.24, 2.45) is 35.3 Å². The molecule has 1 heterocycles. The first-order valence-corrected chi connectivity index (χ1v) is 7.28. The van der Waals surface area contributed by atoms with Gasteiger partial charge in [-0.15, -0.1) is 0 Å². The molecule has 1 aliphatic heterocycles. The van der Waals surface area contributed by atoms with E-state index in [9.17, 15) is 0 Å². The van der Waals surface area contributed by atoms with Crippen molar-refractivity contribution >= 4 is 0 Å². The van der Waals surface area contributed by atoms with Gasteiger partial charge in [-0.1, -0.05) is 0 Å². The van der Waals surface area contributed by atoms with Crippen LogP contribution in [0.1, 0.15) is 32.1 Å². The Morgan fingerprint density at radius 1 is 0.765 bits per heavy atom. The molecule has 0 unspecified atom stereocenters. The molecule has 0 aromatic heterocycles. The van der Waals surface area contributed by atoms with E-state index in [1.54, 1.807) is 0 Å². The summed E-state index contributed by atoms with van der Waals surface area (Å²) in [6.45, 7) is 1.38. The summed E-state index contributed by atoms with van der Waals surface area (Å²) in [5.74, 6) is 4.49. The third-order valence-electron chi connectivity index (χ3n) is 5.56. The zero-order valence-electron chi connectivity index (χ0n) is 10.4. The highest BCUT2D eigenvalue weighted by Crippen LogP contribution is 2.57. The molecule has 5 aliphatic rings. The summed E-state index contributed by atoms with van der Waals surface area (Å²) in [7, 11) is 0. The average Bonchev–Trinajstić information content (AvgIpc) is 2.30. The summed E-state index contributed by atoms with van der Waals surface area (Å²) >= 11 is 0. The zero-order chi connectivity index (χ0) is 11.4. The summed E-state index contributed by atoms with van der Waals surface area (Å²) in [6.07, 6.45) is 7.32. The minimum absolute atomic E-state index is 0.0600. The van der Waals surface area contributed by atoms with Gasteiger partial charge in [0.05, 0.1) is 19.3 Å². The summed E-state index contributed by atoms with van der Waals surface area (Å²) in [5, 5.41) is 0. The Kier molecular flexibility index (Phi) is 2.50. The van der Waals surface area contributed by atoms with Gasteiger partial charge < -0.3 is 15.2 Å². The Labute approximate surface area is 103 Å². The van der Waals surface area contributed by atoms with E-state index in [1.165, 1.54) is 32.1 Å². The van der Waals surface area contributed by atoms with E-state index in [1.807, 2.05) is 0 Å². The molecule has 1 saturated heterocycles. The van der Waals surface area contributed by atoms with E-state index < -0.39 is 0 Å². The highest BCUT2D eigenvalue weighted by molar-refractivity contribution is 4.99. The van der Waals surface area contributed by atoms with Gasteiger partial charge in [0.25, 0.3) is 0 Å². The molecule has 0 aromatic rings. The largest absolute Gasteiger partial charge is 0.351 e. The first-order valence-electron chi connectivity index (χ1n) is 7.28. The Hall–Kier alpha value is -0.120. The third kappa shape index (κ3) is 1.74. The molecule has 0 amide bonds. The minimum Gasteiger partial charge on any atom is -0.351 e. The lowest BCUT2D eigenvalue weighted by atomic mass is 9.51. The highest BCUT2D eigenvalue weighted by Gasteiger charge is 2.51. The molecule has 4 aliphatic carbocycles. The number of rotatable bonds is 1. The molecule has 5 fully saturated rings. The van der Waals surface area contributed by atoms with Crippen molar-refractivity contribution in [2.45, 2.75) is 44.4 Å². The summed E-state index contributed by atoms with van der Waals surface area (Å²) in [6, 6.07) is 0.0862. The van der Waals surface area contributed by atoms with Crippen LogP contribution >= 0.6 is 0 Å². The summed E-state index contributed by atoms with van der Waals surface area (Å²) in [4.78, 5) is 0. The lowest BCUT2D eigenvalue weighted by Crippen LogP contribution is -2.53. The fraction of sp³-hybridized carbons (Fsp3) is 1.00. The standard InChI is InChI=1S/C14H23NO2/c15-12-6-16-14(17-7-12)13-10-2-8-1-9(4-10)5-11(13)3-8/h8-14H,1-7,15H2. The van der Waals surface area contributed by atoms with Gasteiger partial charge in [0, 0.05) is 5.92 Å². The predicted molar refractivity (Wildman–Crippen MR) is 64.2 cm³/mol. The quantitative estimate of drug-likeness (QED) is 0.756. The molecule has 0 radical (unpaired) electrons. The van der Waals surface area contributed by atoms with Crippen LogP contribution in [0.25, 0.3) is 0 Å². The Balaban J connectivity index is 1.50. The zero-order valence-corrected chi connectivity index (χ0v) is 10.4. The molecule has 4 bridgehead atoms. The Bertz CT molecular complexity index is 271. The highest BCUT2D eigenvalue weighted by atomic mass is 16.7. The lowest BCUT2D eigenvalue weighted by molar-refractivity contribution is -0.249. The smallest absolute Gasteiger partial charge is 0.161 e. The SMILES string of the molecule is NC1COC(C2C3CC4CC(C3)CC2C4)OC1. The summed E-state index contributed by atoms with van der Waals surface area (Å²) < 4.78 is 11.7. The predicted octanol–water partition coefficient (Wildman–Crippen LogP) is 1.76. The van der Waals surface area contributed by atoms with E-state index in [2.05, 4.69) is 0 Å². The number of nitrogens with two attached hydrogens (primary N) is 1. The van der Waals surface area contributed by atoms with Gasteiger partial charge in [0.1, 0.15) is 0 Å². The van der Waals surface area contributed by atoms with Crippen LogP contribution in [0.4, 0.5) is 0 Å². The molecule has 0 atom stereocenters. The van der Waals surface area contributed by atoms with Crippen LogP contribution in [-0.2, 0) is 9.47 Å². The molecule has 0 aromatic carbocycles. The fourth-order valence-electron chi connectivity index (χ4n) is 5.17. The topological polar surface area (TPSA) is 44.5 Å². The van der Waals surface area contributed by atoms with Crippen molar-refractivity contribution in [2.75, 3.05) is 13.2 Å². The normalized spacial score (nSPS) is 57.4. The second-order valence-corrected chi connectivity index (χ2v) is 6.80. The van der Waals surface area contributed by atoms with Crippen LogP contribution < -0.4 is 5.73 Å². The average molecular weight is 237 g/mol. The van der Waals surface area contributed by atoms with E-state index in [-0.39, 0.29) is 12.3 Å². The van der Waals surface area contributed by atoms with E-state index >= 15 is 0 Å². The van der Waals surface area contributed by atoms with Crippen molar-refractivity contribution < 1.29 is 9.47 Å². The monoisotopic (exact) mass is 237 g/mol. The van der Waals surface area contributed by atoms with Gasteiger partial charge in [-0.3, -0.25) is 0 Å². The van der Waals surface area contributed by atoms with Gasteiger partial charge in [-0.05, 0) is 55.8 Å². The molecule has 0 spiro atoms. The maximum absolute atomic E-state index is 5.87. The molecule has 5 rings (SSSR count). The molecule has 2 N–H and O–H groups in total. The van der Waals surface area contributed by atoms with Crippen LogP contribution in [-0.4, -0.2) is 25.5 Å². The Morgan fingerprint density at radius 2 is 1.29 bits per heavy atom. The minimum atomic E-state index is 0.0600. The van der Waals surface area contributed by atoms with Gasteiger partial charge >= 0.3 is 0 Å². The second kappa shape index (κ2) is 3.94. The fourth-order valence-corrected chi connectivity index (χ4v) is 5.17.